The van der Waals surface area contributed by atoms with Crippen molar-refractivity contribution in [2.75, 3.05) is 27.3 Å². The number of aromatic amines is 1. The first-order chi connectivity index (χ1) is 19.7. The van der Waals surface area contributed by atoms with Gasteiger partial charge in [-0.2, -0.15) is 0 Å². The van der Waals surface area contributed by atoms with Crippen molar-refractivity contribution in [3.63, 3.8) is 0 Å². The van der Waals surface area contributed by atoms with Crippen LogP contribution in [0.4, 0.5) is 0 Å². The summed E-state index contributed by atoms with van der Waals surface area (Å²) >= 11 is 0. The van der Waals surface area contributed by atoms with Crippen LogP contribution in [0.25, 0.3) is 10.9 Å². The number of benzene rings is 3. The van der Waals surface area contributed by atoms with Crippen LogP contribution in [0.15, 0.2) is 79.0 Å². The first-order valence-electron chi connectivity index (χ1n) is 14.2. The van der Waals surface area contributed by atoms with E-state index in [9.17, 15) is 0 Å². The van der Waals surface area contributed by atoms with Gasteiger partial charge in [0, 0.05) is 35.2 Å². The Morgan fingerprint density at radius 1 is 0.850 bits per heavy atom. The van der Waals surface area contributed by atoms with E-state index in [0.29, 0.717) is 6.54 Å². The second-order valence-corrected chi connectivity index (χ2v) is 10.5. The molecule has 1 saturated heterocycles. The summed E-state index contributed by atoms with van der Waals surface area (Å²) < 4.78 is 13.6. The number of nitrogens with one attached hydrogen (secondary N) is 1. The molecule has 1 aliphatic heterocycles. The van der Waals surface area contributed by atoms with E-state index in [-0.39, 0.29) is 6.04 Å². The number of nitrogens with zero attached hydrogens (tertiary/aromatic N) is 4. The van der Waals surface area contributed by atoms with E-state index < -0.39 is 0 Å². The molecular formula is C33H37N5O2. The summed E-state index contributed by atoms with van der Waals surface area (Å²) in [6.07, 6.45) is 7.19. The van der Waals surface area contributed by atoms with E-state index in [1.807, 2.05) is 12.1 Å². The lowest BCUT2D eigenvalue weighted by molar-refractivity contribution is 0.229. The molecule has 1 atom stereocenters. The van der Waals surface area contributed by atoms with Crippen LogP contribution in [0, 0.1) is 0 Å². The number of ether oxygens (including phenoxy) is 2. The largest absolute Gasteiger partial charge is 0.497 e. The zero-order valence-corrected chi connectivity index (χ0v) is 23.3. The lowest BCUT2D eigenvalue weighted by atomic mass is 10.0. The number of aryl methyl sites for hydroxylation is 2. The number of likely N-dealkylation sites (tertiary alicyclic amines) is 1. The maximum absolute atomic E-state index is 5.79. The fourth-order valence-corrected chi connectivity index (χ4v) is 5.95. The third kappa shape index (κ3) is 5.47. The van der Waals surface area contributed by atoms with Crippen LogP contribution < -0.4 is 9.47 Å². The molecule has 0 bridgehead atoms. The summed E-state index contributed by atoms with van der Waals surface area (Å²) in [5.74, 6) is 3.61. The van der Waals surface area contributed by atoms with Gasteiger partial charge in [0.25, 0.3) is 0 Å². The Kier molecular flexibility index (Phi) is 7.82. The second-order valence-electron chi connectivity index (χ2n) is 10.5. The predicted octanol–water partition coefficient (Wildman–Crippen LogP) is 5.99. The van der Waals surface area contributed by atoms with Gasteiger partial charge in [0.1, 0.15) is 17.3 Å². The third-order valence-corrected chi connectivity index (χ3v) is 8.13. The lowest BCUT2D eigenvalue weighted by Crippen LogP contribution is -2.30. The number of fused-ring (bicyclic) bond motifs is 1. The van der Waals surface area contributed by atoms with E-state index in [4.69, 9.17) is 19.7 Å². The van der Waals surface area contributed by atoms with Crippen molar-refractivity contribution < 1.29 is 9.47 Å². The number of H-pyrrole nitrogens is 1. The number of hydrogen-bond donors (Lipinski definition) is 1. The molecule has 40 heavy (non-hydrogen) atoms. The van der Waals surface area contributed by atoms with Crippen molar-refractivity contribution in [2.24, 2.45) is 0 Å². The minimum Gasteiger partial charge on any atom is -0.497 e. The highest BCUT2D eigenvalue weighted by atomic mass is 16.5. The molecule has 206 valence electrons. The summed E-state index contributed by atoms with van der Waals surface area (Å²) in [5.41, 5.74) is 4.87. The standard InChI is InChI=1S/C33H37N5O2/c1-39-27-16-15-25(31(21-27)40-2)23-38-32(17-14-24-10-4-3-5-11-24)35-36-33(38)30(37-18-8-9-19-37)20-26-22-34-29-13-7-6-12-28(26)29/h3-7,10-13,15-16,21-22,30,34H,8-9,14,17-20,23H2,1-2H3/t30-/m1/s1. The highest BCUT2D eigenvalue weighted by Gasteiger charge is 2.30. The van der Waals surface area contributed by atoms with Crippen LogP contribution >= 0.6 is 0 Å². The molecule has 0 radical (unpaired) electrons. The quantitative estimate of drug-likeness (QED) is 0.225. The van der Waals surface area contributed by atoms with Gasteiger partial charge in [-0.05, 0) is 68.1 Å². The molecule has 1 fully saturated rings. The number of rotatable bonds is 11. The molecule has 1 N–H and O–H groups in total. The van der Waals surface area contributed by atoms with Crippen molar-refractivity contribution in [1.82, 2.24) is 24.6 Å². The van der Waals surface area contributed by atoms with Crippen LogP contribution in [0.5, 0.6) is 11.5 Å². The van der Waals surface area contributed by atoms with E-state index in [1.54, 1.807) is 14.2 Å². The lowest BCUT2D eigenvalue weighted by Gasteiger charge is -2.28. The third-order valence-electron chi connectivity index (χ3n) is 8.13. The van der Waals surface area contributed by atoms with Crippen molar-refractivity contribution in [3.8, 4) is 11.5 Å². The Bertz CT molecular complexity index is 1550. The van der Waals surface area contributed by atoms with Gasteiger partial charge in [0.05, 0.1) is 26.8 Å². The van der Waals surface area contributed by atoms with Gasteiger partial charge in [-0.15, -0.1) is 10.2 Å². The zero-order valence-electron chi connectivity index (χ0n) is 23.3. The van der Waals surface area contributed by atoms with Gasteiger partial charge >= 0.3 is 0 Å². The average molecular weight is 536 g/mol. The Hall–Kier alpha value is -4.10. The molecule has 3 heterocycles. The number of methoxy groups -OCH3 is 2. The molecule has 0 unspecified atom stereocenters. The van der Waals surface area contributed by atoms with Gasteiger partial charge in [0.2, 0.25) is 0 Å². The number of aromatic nitrogens is 4. The SMILES string of the molecule is COc1ccc(Cn2c(CCc3ccccc3)nnc2[C@@H](Cc2c[nH]c3ccccc23)N2CCCC2)c(OC)c1. The summed E-state index contributed by atoms with van der Waals surface area (Å²) in [4.78, 5) is 6.06. The smallest absolute Gasteiger partial charge is 0.151 e. The Morgan fingerprint density at radius 3 is 2.45 bits per heavy atom. The molecule has 0 saturated carbocycles. The average Bonchev–Trinajstić information content (AvgIpc) is 3.77. The molecule has 7 nitrogen and oxygen atoms in total. The van der Waals surface area contributed by atoms with Crippen LogP contribution in [0.2, 0.25) is 0 Å². The predicted molar refractivity (Wildman–Crippen MR) is 158 cm³/mol. The molecule has 2 aromatic heterocycles. The van der Waals surface area contributed by atoms with E-state index >= 15 is 0 Å². The van der Waals surface area contributed by atoms with E-state index in [2.05, 4.69) is 81.3 Å². The first-order valence-corrected chi connectivity index (χ1v) is 14.2. The van der Waals surface area contributed by atoms with Crippen LogP contribution in [0.3, 0.4) is 0 Å². The highest BCUT2D eigenvalue weighted by Crippen LogP contribution is 2.33. The Morgan fingerprint density at radius 2 is 1.65 bits per heavy atom. The van der Waals surface area contributed by atoms with Crippen molar-refractivity contribution in [1.29, 1.82) is 0 Å². The van der Waals surface area contributed by atoms with Crippen molar-refractivity contribution >= 4 is 10.9 Å². The minimum absolute atomic E-state index is 0.129. The maximum Gasteiger partial charge on any atom is 0.151 e. The molecule has 7 heteroatoms. The Balaban J connectivity index is 1.40. The maximum atomic E-state index is 5.79. The zero-order chi connectivity index (χ0) is 27.3. The topological polar surface area (TPSA) is 68.2 Å². The van der Waals surface area contributed by atoms with Gasteiger partial charge in [-0.1, -0.05) is 48.5 Å². The van der Waals surface area contributed by atoms with Gasteiger partial charge in [-0.25, -0.2) is 0 Å². The minimum atomic E-state index is 0.129. The van der Waals surface area contributed by atoms with Gasteiger partial charge in [0.15, 0.2) is 5.82 Å². The van der Waals surface area contributed by atoms with Crippen molar-refractivity contribution in [2.45, 2.75) is 44.7 Å². The van der Waals surface area contributed by atoms with Gasteiger partial charge < -0.3 is 19.0 Å². The highest BCUT2D eigenvalue weighted by molar-refractivity contribution is 5.83. The second kappa shape index (κ2) is 12.0. The van der Waals surface area contributed by atoms with Gasteiger partial charge in [-0.3, -0.25) is 4.90 Å². The molecule has 5 aromatic rings. The monoisotopic (exact) mass is 535 g/mol. The summed E-state index contributed by atoms with van der Waals surface area (Å²) in [6, 6.07) is 25.3. The summed E-state index contributed by atoms with van der Waals surface area (Å²) in [7, 11) is 3.39. The summed E-state index contributed by atoms with van der Waals surface area (Å²) in [5, 5.41) is 11.0. The normalized spacial score (nSPS) is 14.6. The molecule has 6 rings (SSSR count). The van der Waals surface area contributed by atoms with E-state index in [1.165, 1.54) is 34.9 Å². The van der Waals surface area contributed by atoms with Crippen LogP contribution in [-0.2, 0) is 25.8 Å². The van der Waals surface area contributed by atoms with Crippen LogP contribution in [0.1, 0.15) is 47.2 Å². The van der Waals surface area contributed by atoms with Crippen molar-refractivity contribution in [3.05, 3.63) is 107 Å². The molecule has 0 aliphatic carbocycles. The molecule has 3 aromatic carbocycles. The van der Waals surface area contributed by atoms with E-state index in [0.717, 1.165) is 61.1 Å². The number of hydrogen-bond acceptors (Lipinski definition) is 5. The fourth-order valence-electron chi connectivity index (χ4n) is 5.95. The fraction of sp³-hybridized carbons (Fsp3) is 0.333. The van der Waals surface area contributed by atoms with Crippen LogP contribution in [-0.4, -0.2) is 52.0 Å². The molecule has 0 spiro atoms. The molecule has 1 aliphatic rings. The number of para-hydroxylation sites is 1. The Labute approximate surface area is 235 Å². The molecule has 0 amide bonds. The first kappa shape index (κ1) is 26.1. The molecular weight excluding hydrogens is 498 g/mol. The summed E-state index contributed by atoms with van der Waals surface area (Å²) in [6.45, 7) is 2.79.